The molecule has 1 aliphatic rings. The van der Waals surface area contributed by atoms with Crippen LogP contribution in [0.1, 0.15) is 36.4 Å². The summed E-state index contributed by atoms with van der Waals surface area (Å²) in [5.41, 5.74) is 1.90. The molecule has 2 aromatic rings. The Labute approximate surface area is 168 Å². The lowest BCUT2D eigenvalue weighted by atomic mass is 10.0. The highest BCUT2D eigenvalue weighted by Crippen LogP contribution is 2.41. The molecule has 2 aromatic carbocycles. The van der Waals surface area contributed by atoms with Gasteiger partial charge in [-0.25, -0.2) is 0 Å². The number of rotatable bonds is 9. The number of carbonyl (C=O) groups is 1. The van der Waals surface area contributed by atoms with Crippen molar-refractivity contribution in [3.05, 3.63) is 59.7 Å². The third-order valence-corrected chi connectivity index (χ3v) is 4.83. The SMILES string of the molecule is COc1cc(CCC(=O)NC(c2ccccc2)C2CC2)ccc1OCC(F)(F)F. The number of alkyl halides is 3. The summed E-state index contributed by atoms with van der Waals surface area (Å²) >= 11 is 0. The zero-order valence-electron chi connectivity index (χ0n) is 16.2. The second-order valence-electron chi connectivity index (χ2n) is 7.18. The number of nitrogens with one attached hydrogen (secondary N) is 1. The molecule has 0 spiro atoms. The van der Waals surface area contributed by atoms with Gasteiger partial charge in [0.25, 0.3) is 0 Å². The quantitative estimate of drug-likeness (QED) is 0.647. The molecule has 1 unspecified atom stereocenters. The van der Waals surface area contributed by atoms with Crippen LogP contribution in [-0.2, 0) is 11.2 Å². The van der Waals surface area contributed by atoms with Gasteiger partial charge in [0.05, 0.1) is 13.2 Å². The topological polar surface area (TPSA) is 47.6 Å². The lowest BCUT2D eigenvalue weighted by molar-refractivity contribution is -0.153. The molecule has 1 N–H and O–H groups in total. The van der Waals surface area contributed by atoms with Crippen LogP contribution in [0, 0.1) is 5.92 Å². The maximum Gasteiger partial charge on any atom is 0.422 e. The molecular formula is C22H24F3NO3. The fourth-order valence-corrected chi connectivity index (χ4v) is 3.21. The van der Waals surface area contributed by atoms with E-state index in [2.05, 4.69) is 5.32 Å². The number of hydrogen-bond acceptors (Lipinski definition) is 3. The van der Waals surface area contributed by atoms with Crippen LogP contribution in [0.3, 0.4) is 0 Å². The number of aryl methyl sites for hydroxylation is 1. The summed E-state index contributed by atoms with van der Waals surface area (Å²) in [5.74, 6) is 0.664. The van der Waals surface area contributed by atoms with Gasteiger partial charge in [0.1, 0.15) is 0 Å². The summed E-state index contributed by atoms with van der Waals surface area (Å²) in [7, 11) is 1.37. The molecular weight excluding hydrogens is 383 g/mol. The van der Waals surface area contributed by atoms with Crippen LogP contribution in [0.25, 0.3) is 0 Å². The first-order valence-electron chi connectivity index (χ1n) is 9.56. The molecule has 156 valence electrons. The fourth-order valence-electron chi connectivity index (χ4n) is 3.21. The number of ether oxygens (including phenoxy) is 2. The summed E-state index contributed by atoms with van der Waals surface area (Å²) < 4.78 is 46.9. The largest absolute Gasteiger partial charge is 0.493 e. The maximum absolute atomic E-state index is 12.5. The number of carbonyl (C=O) groups excluding carboxylic acids is 1. The van der Waals surface area contributed by atoms with E-state index in [-0.39, 0.29) is 29.9 Å². The fraction of sp³-hybridized carbons (Fsp3) is 0.409. The summed E-state index contributed by atoms with van der Waals surface area (Å²) in [6.45, 7) is -1.38. The highest BCUT2D eigenvalue weighted by molar-refractivity contribution is 5.76. The van der Waals surface area contributed by atoms with Gasteiger partial charge in [-0.15, -0.1) is 0 Å². The van der Waals surface area contributed by atoms with Crippen LogP contribution in [0.5, 0.6) is 11.5 Å². The monoisotopic (exact) mass is 407 g/mol. The Bertz CT molecular complexity index is 820. The van der Waals surface area contributed by atoms with Gasteiger partial charge in [-0.1, -0.05) is 36.4 Å². The van der Waals surface area contributed by atoms with Crippen LogP contribution in [0.2, 0.25) is 0 Å². The van der Waals surface area contributed by atoms with Gasteiger partial charge in [-0.2, -0.15) is 13.2 Å². The molecule has 4 nitrogen and oxygen atoms in total. The van der Waals surface area contributed by atoms with E-state index < -0.39 is 12.8 Å². The van der Waals surface area contributed by atoms with Crippen LogP contribution >= 0.6 is 0 Å². The molecule has 1 amide bonds. The summed E-state index contributed by atoms with van der Waals surface area (Å²) in [4.78, 5) is 12.5. The Kier molecular flexibility index (Phi) is 6.67. The average Bonchev–Trinajstić information content (AvgIpc) is 3.54. The Balaban J connectivity index is 1.56. The van der Waals surface area contributed by atoms with Crippen molar-refractivity contribution in [2.75, 3.05) is 13.7 Å². The second kappa shape index (κ2) is 9.20. The van der Waals surface area contributed by atoms with E-state index in [1.807, 2.05) is 30.3 Å². The summed E-state index contributed by atoms with van der Waals surface area (Å²) in [6, 6.07) is 14.6. The van der Waals surface area contributed by atoms with Crippen molar-refractivity contribution >= 4 is 5.91 Å². The molecule has 0 aromatic heterocycles. The van der Waals surface area contributed by atoms with Crippen LogP contribution < -0.4 is 14.8 Å². The lowest BCUT2D eigenvalue weighted by Crippen LogP contribution is -2.30. The van der Waals surface area contributed by atoms with E-state index in [0.717, 1.165) is 24.0 Å². The maximum atomic E-state index is 12.5. The first-order valence-corrected chi connectivity index (χ1v) is 9.56. The van der Waals surface area contributed by atoms with Crippen LogP contribution in [0.4, 0.5) is 13.2 Å². The molecule has 29 heavy (non-hydrogen) atoms. The minimum absolute atomic E-state index is 0.0240. The van der Waals surface area contributed by atoms with Gasteiger partial charge in [0, 0.05) is 6.42 Å². The van der Waals surface area contributed by atoms with Gasteiger partial charge >= 0.3 is 6.18 Å². The van der Waals surface area contributed by atoms with E-state index in [1.54, 1.807) is 12.1 Å². The zero-order valence-corrected chi connectivity index (χ0v) is 16.2. The molecule has 1 aliphatic carbocycles. The molecule has 0 heterocycles. The van der Waals surface area contributed by atoms with E-state index in [9.17, 15) is 18.0 Å². The van der Waals surface area contributed by atoms with Crippen molar-refractivity contribution in [2.45, 2.75) is 37.9 Å². The predicted octanol–water partition coefficient (Wildman–Crippen LogP) is 4.84. The third-order valence-electron chi connectivity index (χ3n) is 4.83. The number of methoxy groups -OCH3 is 1. The molecule has 1 fully saturated rings. The number of hydrogen-bond donors (Lipinski definition) is 1. The van der Waals surface area contributed by atoms with Crippen molar-refractivity contribution in [1.29, 1.82) is 0 Å². The van der Waals surface area contributed by atoms with Gasteiger partial charge in [-0.3, -0.25) is 4.79 Å². The first-order chi connectivity index (χ1) is 13.9. The number of benzene rings is 2. The molecule has 3 rings (SSSR count). The van der Waals surface area contributed by atoms with E-state index >= 15 is 0 Å². The molecule has 7 heteroatoms. The Hall–Kier alpha value is -2.70. The molecule has 0 aliphatic heterocycles. The van der Waals surface area contributed by atoms with Crippen molar-refractivity contribution in [3.63, 3.8) is 0 Å². The Morgan fingerprint density at radius 3 is 2.48 bits per heavy atom. The smallest absolute Gasteiger partial charge is 0.422 e. The minimum atomic E-state index is -4.42. The van der Waals surface area contributed by atoms with E-state index in [4.69, 9.17) is 9.47 Å². The van der Waals surface area contributed by atoms with Gasteiger partial charge in [-0.05, 0) is 48.4 Å². The highest BCUT2D eigenvalue weighted by atomic mass is 19.4. The van der Waals surface area contributed by atoms with Crippen molar-refractivity contribution in [3.8, 4) is 11.5 Å². The number of amides is 1. The molecule has 0 saturated heterocycles. The van der Waals surface area contributed by atoms with Gasteiger partial charge in [0.15, 0.2) is 18.1 Å². The van der Waals surface area contributed by atoms with Crippen LogP contribution in [-0.4, -0.2) is 25.8 Å². The van der Waals surface area contributed by atoms with Crippen molar-refractivity contribution < 1.29 is 27.4 Å². The predicted molar refractivity (Wildman–Crippen MR) is 103 cm³/mol. The lowest BCUT2D eigenvalue weighted by Gasteiger charge is -2.19. The molecule has 0 bridgehead atoms. The normalized spacial score (nSPS) is 14.9. The Morgan fingerprint density at radius 2 is 1.86 bits per heavy atom. The van der Waals surface area contributed by atoms with E-state index in [1.165, 1.54) is 13.2 Å². The van der Waals surface area contributed by atoms with Gasteiger partial charge in [0.2, 0.25) is 5.91 Å². The van der Waals surface area contributed by atoms with Crippen LogP contribution in [0.15, 0.2) is 48.5 Å². The summed E-state index contributed by atoms with van der Waals surface area (Å²) in [5, 5.41) is 3.12. The minimum Gasteiger partial charge on any atom is -0.493 e. The molecule has 0 radical (unpaired) electrons. The highest BCUT2D eigenvalue weighted by Gasteiger charge is 2.33. The summed E-state index contributed by atoms with van der Waals surface area (Å²) in [6.07, 6.45) is -1.47. The first kappa shape index (κ1) is 21.0. The molecule has 1 saturated carbocycles. The number of halogens is 3. The second-order valence-corrected chi connectivity index (χ2v) is 7.18. The van der Waals surface area contributed by atoms with E-state index in [0.29, 0.717) is 12.3 Å². The average molecular weight is 407 g/mol. The van der Waals surface area contributed by atoms with Gasteiger partial charge < -0.3 is 14.8 Å². The van der Waals surface area contributed by atoms with Crippen molar-refractivity contribution in [2.24, 2.45) is 5.92 Å². The standard InChI is InChI=1S/C22H24F3NO3/c1-28-19-13-15(7-11-18(19)29-14-22(23,24)25)8-12-20(27)26-21(17-9-10-17)16-5-3-2-4-6-16/h2-7,11,13,17,21H,8-10,12,14H2,1H3,(H,26,27). The van der Waals surface area contributed by atoms with Crippen molar-refractivity contribution in [1.82, 2.24) is 5.32 Å². The zero-order chi connectivity index (χ0) is 20.9. The third kappa shape index (κ3) is 6.41. The molecule has 1 atom stereocenters. The Morgan fingerprint density at radius 1 is 1.14 bits per heavy atom.